The van der Waals surface area contributed by atoms with Gasteiger partial charge < -0.3 is 5.32 Å². The van der Waals surface area contributed by atoms with Crippen LogP contribution in [0, 0.1) is 0 Å². The molecule has 0 saturated heterocycles. The van der Waals surface area contributed by atoms with E-state index in [0.29, 0.717) is 12.2 Å². The van der Waals surface area contributed by atoms with E-state index >= 15 is 0 Å². The minimum absolute atomic E-state index is 0.215. The molecule has 5 heteroatoms. The second kappa shape index (κ2) is 6.45. The third-order valence-corrected chi connectivity index (χ3v) is 5.76. The van der Waals surface area contributed by atoms with Gasteiger partial charge in [-0.05, 0) is 52.9 Å². The SMILES string of the molecule is O=C(Nc1cc2c(c(-c3cc4ccccc4s3)c1)CN=C2)c1ccccn1. The van der Waals surface area contributed by atoms with Crippen LogP contribution in [-0.4, -0.2) is 17.1 Å². The van der Waals surface area contributed by atoms with Crippen LogP contribution in [0.5, 0.6) is 0 Å². The van der Waals surface area contributed by atoms with Crippen LogP contribution < -0.4 is 5.32 Å². The molecular formula is C22H15N3OS. The number of rotatable bonds is 3. The molecule has 0 spiro atoms. The van der Waals surface area contributed by atoms with E-state index in [1.54, 1.807) is 35.7 Å². The van der Waals surface area contributed by atoms with Gasteiger partial charge in [-0.15, -0.1) is 11.3 Å². The number of nitrogens with zero attached hydrogens (tertiary/aromatic N) is 2. The molecule has 0 unspecified atom stereocenters. The van der Waals surface area contributed by atoms with E-state index in [9.17, 15) is 4.79 Å². The van der Waals surface area contributed by atoms with Crippen molar-refractivity contribution < 1.29 is 4.79 Å². The van der Waals surface area contributed by atoms with Gasteiger partial charge in [-0.25, -0.2) is 0 Å². The molecule has 3 heterocycles. The molecule has 1 aliphatic rings. The smallest absolute Gasteiger partial charge is 0.274 e. The van der Waals surface area contributed by atoms with Crippen molar-refractivity contribution in [3.63, 3.8) is 0 Å². The van der Waals surface area contributed by atoms with Crippen LogP contribution >= 0.6 is 11.3 Å². The average molecular weight is 369 g/mol. The second-order valence-corrected chi connectivity index (χ2v) is 7.46. The van der Waals surface area contributed by atoms with E-state index in [1.807, 2.05) is 18.3 Å². The van der Waals surface area contributed by atoms with E-state index in [2.05, 4.69) is 45.6 Å². The first-order valence-corrected chi connectivity index (χ1v) is 9.48. The second-order valence-electron chi connectivity index (χ2n) is 6.38. The fraction of sp³-hybridized carbons (Fsp3) is 0.0455. The molecule has 0 bridgehead atoms. The Hall–Kier alpha value is -3.31. The first-order valence-electron chi connectivity index (χ1n) is 8.66. The predicted octanol–water partition coefficient (Wildman–Crippen LogP) is 5.15. The van der Waals surface area contributed by atoms with Crippen molar-refractivity contribution in [3.05, 3.63) is 83.7 Å². The zero-order chi connectivity index (χ0) is 18.2. The molecule has 1 amide bonds. The van der Waals surface area contributed by atoms with Crippen molar-refractivity contribution in [3.8, 4) is 10.4 Å². The molecule has 0 saturated carbocycles. The maximum absolute atomic E-state index is 12.5. The van der Waals surface area contributed by atoms with Gasteiger partial charge in [0.15, 0.2) is 0 Å². The Morgan fingerprint density at radius 3 is 2.78 bits per heavy atom. The molecule has 4 nitrogen and oxygen atoms in total. The number of anilines is 1. The number of hydrogen-bond acceptors (Lipinski definition) is 4. The molecule has 0 aliphatic carbocycles. The molecule has 130 valence electrons. The lowest BCUT2D eigenvalue weighted by molar-refractivity contribution is 0.102. The van der Waals surface area contributed by atoms with Crippen LogP contribution in [0.4, 0.5) is 5.69 Å². The van der Waals surface area contributed by atoms with E-state index in [4.69, 9.17) is 0 Å². The quantitative estimate of drug-likeness (QED) is 0.543. The summed E-state index contributed by atoms with van der Waals surface area (Å²) in [6.07, 6.45) is 3.50. The van der Waals surface area contributed by atoms with Gasteiger partial charge in [0.2, 0.25) is 0 Å². The summed E-state index contributed by atoms with van der Waals surface area (Å²) >= 11 is 1.76. The summed E-state index contributed by atoms with van der Waals surface area (Å²) in [7, 11) is 0. The molecular weight excluding hydrogens is 354 g/mol. The topological polar surface area (TPSA) is 54.4 Å². The third kappa shape index (κ3) is 2.92. The lowest BCUT2D eigenvalue weighted by Crippen LogP contribution is -2.13. The zero-order valence-electron chi connectivity index (χ0n) is 14.3. The Bertz CT molecular complexity index is 1160. The lowest BCUT2D eigenvalue weighted by atomic mass is 10.0. The van der Waals surface area contributed by atoms with Gasteiger partial charge in [-0.1, -0.05) is 24.3 Å². The number of hydrogen-bond donors (Lipinski definition) is 1. The highest BCUT2D eigenvalue weighted by atomic mass is 32.1. The van der Waals surface area contributed by atoms with Crippen molar-refractivity contribution in [2.75, 3.05) is 5.32 Å². The highest BCUT2D eigenvalue weighted by molar-refractivity contribution is 7.22. The van der Waals surface area contributed by atoms with Gasteiger partial charge in [0.1, 0.15) is 5.69 Å². The summed E-state index contributed by atoms with van der Waals surface area (Å²) in [6, 6.07) is 19.9. The number of benzene rings is 2. The van der Waals surface area contributed by atoms with Crippen molar-refractivity contribution in [2.45, 2.75) is 6.54 Å². The number of carbonyl (C=O) groups is 1. The van der Waals surface area contributed by atoms with Crippen LogP contribution in [0.3, 0.4) is 0 Å². The van der Waals surface area contributed by atoms with Gasteiger partial charge >= 0.3 is 0 Å². The van der Waals surface area contributed by atoms with Crippen LogP contribution in [-0.2, 0) is 6.54 Å². The fourth-order valence-electron chi connectivity index (χ4n) is 3.32. The zero-order valence-corrected chi connectivity index (χ0v) is 15.2. The third-order valence-electron chi connectivity index (χ3n) is 4.61. The largest absolute Gasteiger partial charge is 0.321 e. The van der Waals surface area contributed by atoms with Crippen LogP contribution in [0.2, 0.25) is 0 Å². The average Bonchev–Trinajstić information content (AvgIpc) is 3.34. The number of aromatic nitrogens is 1. The number of pyridine rings is 1. The normalized spacial score (nSPS) is 12.3. The van der Waals surface area contributed by atoms with E-state index in [1.165, 1.54) is 20.5 Å². The number of aliphatic imine (C=N–C) groups is 1. The Balaban J connectivity index is 1.57. The number of nitrogens with one attached hydrogen (secondary N) is 1. The molecule has 2 aromatic carbocycles. The van der Waals surface area contributed by atoms with E-state index in [0.717, 1.165) is 16.8 Å². The van der Waals surface area contributed by atoms with Gasteiger partial charge in [-0.3, -0.25) is 14.8 Å². The highest BCUT2D eigenvalue weighted by Gasteiger charge is 2.18. The first-order chi connectivity index (χ1) is 13.3. The number of carbonyl (C=O) groups excluding carboxylic acids is 1. The van der Waals surface area contributed by atoms with Gasteiger partial charge in [0.25, 0.3) is 5.91 Å². The van der Waals surface area contributed by atoms with Crippen molar-refractivity contribution in [1.82, 2.24) is 4.98 Å². The molecule has 0 radical (unpaired) electrons. The van der Waals surface area contributed by atoms with Crippen molar-refractivity contribution in [1.29, 1.82) is 0 Å². The first kappa shape index (κ1) is 15.9. The minimum Gasteiger partial charge on any atom is -0.321 e. The molecule has 0 fully saturated rings. The van der Waals surface area contributed by atoms with Crippen LogP contribution in [0.15, 0.2) is 71.9 Å². The van der Waals surface area contributed by atoms with Gasteiger partial charge in [0, 0.05) is 33.2 Å². The molecule has 27 heavy (non-hydrogen) atoms. The predicted molar refractivity (Wildman–Crippen MR) is 111 cm³/mol. The summed E-state index contributed by atoms with van der Waals surface area (Å²) in [5.41, 5.74) is 4.54. The number of thiophene rings is 1. The molecule has 1 aliphatic heterocycles. The fourth-order valence-corrected chi connectivity index (χ4v) is 4.43. The Kier molecular flexibility index (Phi) is 3.80. The van der Waals surface area contributed by atoms with Gasteiger partial charge in [0.05, 0.1) is 6.54 Å². The monoisotopic (exact) mass is 369 g/mol. The molecule has 1 N–H and O–H groups in total. The maximum Gasteiger partial charge on any atom is 0.274 e. The highest BCUT2D eigenvalue weighted by Crippen LogP contribution is 2.39. The standard InChI is InChI=1S/C22H15N3OS/c26-22(19-6-3-4-8-24-19)25-16-9-15-12-23-13-18(15)17(11-16)21-10-14-5-1-2-7-20(14)27-21/h1-12H,13H2,(H,25,26). The van der Waals surface area contributed by atoms with Crippen molar-refractivity contribution in [2.24, 2.45) is 4.99 Å². The Labute approximate surface area is 160 Å². The maximum atomic E-state index is 12.5. The Morgan fingerprint density at radius 2 is 1.93 bits per heavy atom. The van der Waals surface area contributed by atoms with Gasteiger partial charge in [-0.2, -0.15) is 0 Å². The molecule has 4 aromatic rings. The van der Waals surface area contributed by atoms with Crippen molar-refractivity contribution >= 4 is 39.2 Å². The molecule has 5 rings (SSSR count). The molecule has 2 aromatic heterocycles. The molecule has 0 atom stereocenters. The van der Waals surface area contributed by atoms with E-state index < -0.39 is 0 Å². The van der Waals surface area contributed by atoms with Crippen LogP contribution in [0.25, 0.3) is 20.5 Å². The Morgan fingerprint density at radius 1 is 1.04 bits per heavy atom. The lowest BCUT2D eigenvalue weighted by Gasteiger charge is -2.11. The summed E-state index contributed by atoms with van der Waals surface area (Å²) < 4.78 is 1.25. The summed E-state index contributed by atoms with van der Waals surface area (Å²) in [4.78, 5) is 22.2. The summed E-state index contributed by atoms with van der Waals surface area (Å²) in [6.45, 7) is 0.674. The van der Waals surface area contributed by atoms with Crippen LogP contribution in [0.1, 0.15) is 21.6 Å². The number of amides is 1. The summed E-state index contributed by atoms with van der Waals surface area (Å²) in [5.74, 6) is -0.215. The summed E-state index contributed by atoms with van der Waals surface area (Å²) in [5, 5.41) is 4.20. The van der Waals surface area contributed by atoms with E-state index in [-0.39, 0.29) is 5.91 Å². The minimum atomic E-state index is -0.215. The number of fused-ring (bicyclic) bond motifs is 2.